The number of rotatable bonds is 2. The van der Waals surface area contributed by atoms with Crippen LogP contribution >= 0.6 is 0 Å². The summed E-state index contributed by atoms with van der Waals surface area (Å²) < 4.78 is 33.0. The van der Waals surface area contributed by atoms with Crippen molar-refractivity contribution in [1.29, 1.82) is 0 Å². The summed E-state index contributed by atoms with van der Waals surface area (Å²) in [4.78, 5) is 0.350. The standard InChI is InChI=1S/C19H29NO3SSi/c1-15-10-11-17-16(14-15)19(5,6)20(24(17,21)22)12-9-13-23-25(7,8)18(2,3)4/h10-11,14H,13H2,1-8H3. The maximum Gasteiger partial charge on any atom is 0.272 e. The summed E-state index contributed by atoms with van der Waals surface area (Å²) in [6.45, 7) is 16.8. The summed E-state index contributed by atoms with van der Waals surface area (Å²) in [5.41, 5.74) is 1.15. The predicted molar refractivity (Wildman–Crippen MR) is 104 cm³/mol. The zero-order valence-corrected chi connectivity index (χ0v) is 18.3. The van der Waals surface area contributed by atoms with Crippen molar-refractivity contribution < 1.29 is 12.8 Å². The average Bonchev–Trinajstić information content (AvgIpc) is 2.58. The molecule has 0 saturated heterocycles. The summed E-state index contributed by atoms with van der Waals surface area (Å²) in [7, 11) is -5.49. The van der Waals surface area contributed by atoms with Crippen LogP contribution in [0.2, 0.25) is 18.1 Å². The Morgan fingerprint density at radius 2 is 1.84 bits per heavy atom. The number of benzene rings is 1. The van der Waals surface area contributed by atoms with Gasteiger partial charge in [0.15, 0.2) is 8.32 Å². The van der Waals surface area contributed by atoms with Gasteiger partial charge in [-0.1, -0.05) is 44.4 Å². The number of sulfonamides is 1. The highest BCUT2D eigenvalue weighted by molar-refractivity contribution is 7.89. The summed E-state index contributed by atoms with van der Waals surface area (Å²) in [6, 6.07) is 8.28. The van der Waals surface area contributed by atoms with Crippen molar-refractivity contribution in [3.05, 3.63) is 29.3 Å². The number of hydrogen-bond donors (Lipinski definition) is 0. The van der Waals surface area contributed by atoms with Crippen molar-refractivity contribution in [2.24, 2.45) is 0 Å². The fraction of sp³-hybridized carbons (Fsp3) is 0.579. The Morgan fingerprint density at radius 1 is 1.24 bits per heavy atom. The molecule has 25 heavy (non-hydrogen) atoms. The average molecular weight is 380 g/mol. The molecule has 0 atom stereocenters. The van der Waals surface area contributed by atoms with Gasteiger partial charge in [0.05, 0.1) is 17.0 Å². The Balaban J connectivity index is 2.28. The molecule has 0 amide bonds. The second kappa shape index (κ2) is 6.15. The molecule has 0 aliphatic carbocycles. The second-order valence-electron chi connectivity index (χ2n) is 8.67. The second-order valence-corrected chi connectivity index (χ2v) is 15.2. The van der Waals surface area contributed by atoms with Crippen LogP contribution in [-0.2, 0) is 20.0 Å². The minimum Gasteiger partial charge on any atom is -0.406 e. The molecule has 1 aromatic carbocycles. The van der Waals surface area contributed by atoms with Gasteiger partial charge in [-0.2, -0.15) is 0 Å². The highest BCUT2D eigenvalue weighted by Gasteiger charge is 2.47. The SMILES string of the molecule is Cc1ccc2c(c1)C(C)(C)N(C#CCO[Si](C)(C)C(C)(C)C)S2(=O)=O. The molecule has 0 spiro atoms. The van der Waals surface area contributed by atoms with Crippen LogP contribution in [0.1, 0.15) is 45.7 Å². The van der Waals surface area contributed by atoms with Crippen LogP contribution in [-0.4, -0.2) is 27.6 Å². The van der Waals surface area contributed by atoms with Crippen LogP contribution < -0.4 is 0 Å². The van der Waals surface area contributed by atoms with E-state index in [2.05, 4.69) is 45.8 Å². The van der Waals surface area contributed by atoms with E-state index in [0.717, 1.165) is 11.1 Å². The maximum atomic E-state index is 12.9. The largest absolute Gasteiger partial charge is 0.406 e. The fourth-order valence-corrected chi connectivity index (χ4v) is 5.37. The van der Waals surface area contributed by atoms with Gasteiger partial charge >= 0.3 is 0 Å². The zero-order chi connectivity index (χ0) is 19.3. The molecule has 0 aromatic heterocycles. The Hall–Kier alpha value is -1.29. The first-order chi connectivity index (χ1) is 11.2. The molecule has 0 bridgehead atoms. The van der Waals surface area contributed by atoms with Gasteiger partial charge in [-0.05, 0) is 50.5 Å². The first-order valence-electron chi connectivity index (χ1n) is 8.50. The molecule has 1 heterocycles. The van der Waals surface area contributed by atoms with E-state index in [9.17, 15) is 8.42 Å². The van der Waals surface area contributed by atoms with Gasteiger partial charge in [0.2, 0.25) is 0 Å². The Kier molecular flexibility index (Phi) is 4.93. The molecule has 0 N–H and O–H groups in total. The number of fused-ring (bicyclic) bond motifs is 1. The fourth-order valence-electron chi connectivity index (χ4n) is 2.59. The third-order valence-corrected chi connectivity index (χ3v) is 11.7. The normalized spacial score (nSPS) is 18.5. The van der Waals surface area contributed by atoms with Crippen LogP contribution in [0, 0.1) is 18.9 Å². The summed E-state index contributed by atoms with van der Waals surface area (Å²) in [5.74, 6) is 2.93. The van der Waals surface area contributed by atoms with Gasteiger partial charge in [-0.3, -0.25) is 0 Å². The van der Waals surface area contributed by atoms with Gasteiger partial charge in [-0.15, -0.1) is 0 Å². The summed E-state index contributed by atoms with van der Waals surface area (Å²) >= 11 is 0. The molecule has 2 rings (SSSR count). The molecule has 0 fully saturated rings. The molecule has 4 nitrogen and oxygen atoms in total. The van der Waals surface area contributed by atoms with Crippen LogP contribution in [0.5, 0.6) is 0 Å². The van der Waals surface area contributed by atoms with Crippen LogP contribution in [0.4, 0.5) is 0 Å². The highest BCUT2D eigenvalue weighted by atomic mass is 32.2. The van der Waals surface area contributed by atoms with Gasteiger partial charge < -0.3 is 4.43 Å². The van der Waals surface area contributed by atoms with E-state index >= 15 is 0 Å². The molecule has 0 saturated carbocycles. The maximum absolute atomic E-state index is 12.9. The van der Waals surface area contributed by atoms with Crippen molar-refractivity contribution in [3.63, 3.8) is 0 Å². The van der Waals surface area contributed by atoms with Crippen molar-refractivity contribution in [3.8, 4) is 12.0 Å². The van der Waals surface area contributed by atoms with E-state index < -0.39 is 23.9 Å². The minimum absolute atomic E-state index is 0.0986. The van der Waals surface area contributed by atoms with Gasteiger partial charge in [-0.25, -0.2) is 12.7 Å². The summed E-state index contributed by atoms with van der Waals surface area (Å²) in [5, 5.41) is 0.0986. The lowest BCUT2D eigenvalue weighted by molar-refractivity contribution is 0.321. The molecule has 1 aliphatic heterocycles. The Bertz CT molecular complexity index is 840. The lowest BCUT2D eigenvalue weighted by atomic mass is 9.93. The van der Waals surface area contributed by atoms with Gasteiger partial charge in [0.25, 0.3) is 10.0 Å². The molecular formula is C19H29NO3SSi. The van der Waals surface area contributed by atoms with Crippen molar-refractivity contribution >= 4 is 18.3 Å². The Labute approximate surface area is 153 Å². The number of nitrogens with zero attached hydrogens (tertiary/aromatic N) is 1. The smallest absolute Gasteiger partial charge is 0.272 e. The number of aryl methyl sites for hydroxylation is 1. The van der Waals surface area contributed by atoms with Crippen LogP contribution in [0.15, 0.2) is 23.1 Å². The molecule has 6 heteroatoms. The molecule has 138 valence electrons. The Morgan fingerprint density at radius 3 is 2.40 bits per heavy atom. The van der Waals surface area contributed by atoms with E-state index in [0.29, 0.717) is 4.90 Å². The first kappa shape index (κ1) is 20.0. The third-order valence-electron chi connectivity index (χ3n) is 5.31. The van der Waals surface area contributed by atoms with Crippen LogP contribution in [0.3, 0.4) is 0 Å². The predicted octanol–water partition coefficient (Wildman–Crippen LogP) is 4.22. The van der Waals surface area contributed by atoms with Crippen molar-refractivity contribution in [2.45, 2.75) is 70.1 Å². The van der Waals surface area contributed by atoms with E-state index in [4.69, 9.17) is 4.43 Å². The zero-order valence-electron chi connectivity index (χ0n) is 16.5. The highest BCUT2D eigenvalue weighted by Crippen LogP contribution is 2.43. The molecule has 0 unspecified atom stereocenters. The quantitative estimate of drug-likeness (QED) is 0.571. The lowest BCUT2D eigenvalue weighted by Gasteiger charge is -2.35. The molecule has 1 aliphatic rings. The first-order valence-corrected chi connectivity index (χ1v) is 12.8. The monoisotopic (exact) mass is 379 g/mol. The van der Waals surface area contributed by atoms with Crippen molar-refractivity contribution in [2.75, 3.05) is 6.61 Å². The molecule has 1 aromatic rings. The molecule has 0 radical (unpaired) electrons. The van der Waals surface area contributed by atoms with E-state index in [1.165, 1.54) is 4.31 Å². The van der Waals surface area contributed by atoms with E-state index in [1.54, 1.807) is 6.07 Å². The van der Waals surface area contributed by atoms with E-state index in [-0.39, 0.29) is 11.6 Å². The topological polar surface area (TPSA) is 46.6 Å². The van der Waals surface area contributed by atoms with Gasteiger partial charge in [0, 0.05) is 6.04 Å². The number of hydrogen-bond acceptors (Lipinski definition) is 3. The lowest BCUT2D eigenvalue weighted by Crippen LogP contribution is -2.41. The van der Waals surface area contributed by atoms with E-state index in [1.807, 2.05) is 32.9 Å². The van der Waals surface area contributed by atoms with Crippen LogP contribution in [0.25, 0.3) is 0 Å². The summed E-state index contributed by atoms with van der Waals surface area (Å²) in [6.07, 6.45) is 0. The molecular weight excluding hydrogens is 350 g/mol. The minimum atomic E-state index is -3.60. The third kappa shape index (κ3) is 3.50. The van der Waals surface area contributed by atoms with Gasteiger partial charge in [0.1, 0.15) is 0 Å². The van der Waals surface area contributed by atoms with Crippen molar-refractivity contribution in [1.82, 2.24) is 4.31 Å².